The van der Waals surface area contributed by atoms with Crippen molar-refractivity contribution in [3.63, 3.8) is 0 Å². The van der Waals surface area contributed by atoms with Crippen LogP contribution < -0.4 is 10.1 Å². The van der Waals surface area contributed by atoms with Crippen LogP contribution in [-0.2, 0) is 4.79 Å². The van der Waals surface area contributed by atoms with Gasteiger partial charge in [0.25, 0.3) is 0 Å². The van der Waals surface area contributed by atoms with E-state index >= 15 is 0 Å². The van der Waals surface area contributed by atoms with Gasteiger partial charge in [0.15, 0.2) is 0 Å². The van der Waals surface area contributed by atoms with Crippen molar-refractivity contribution in [2.24, 2.45) is 5.41 Å². The Morgan fingerprint density at radius 1 is 1.28 bits per heavy atom. The van der Waals surface area contributed by atoms with Crippen LogP contribution in [0.1, 0.15) is 45.7 Å². The number of hydrogen-bond donors (Lipinski definition) is 1. The highest BCUT2D eigenvalue weighted by Crippen LogP contribution is 2.22. The van der Waals surface area contributed by atoms with Crippen molar-refractivity contribution >= 4 is 5.91 Å². The Morgan fingerprint density at radius 2 is 1.83 bits per heavy atom. The van der Waals surface area contributed by atoms with E-state index in [1.165, 1.54) is 0 Å². The number of nitrogens with one attached hydrogen (secondary N) is 1. The summed E-state index contributed by atoms with van der Waals surface area (Å²) in [5.74, 6) is 0.904. The maximum Gasteiger partial charge on any atom is 0.225 e. The van der Waals surface area contributed by atoms with Gasteiger partial charge in [-0.15, -0.1) is 0 Å². The first-order valence-electron chi connectivity index (χ1n) is 6.33. The molecule has 1 atom stereocenters. The topological polar surface area (TPSA) is 38.3 Å². The van der Waals surface area contributed by atoms with Crippen LogP contribution in [0.4, 0.5) is 0 Å². The van der Waals surface area contributed by atoms with Crippen LogP contribution in [0.2, 0.25) is 0 Å². The summed E-state index contributed by atoms with van der Waals surface area (Å²) in [6.45, 7) is 7.83. The van der Waals surface area contributed by atoms with E-state index in [2.05, 4.69) is 12.2 Å². The molecule has 0 radical (unpaired) electrons. The van der Waals surface area contributed by atoms with E-state index in [1.54, 1.807) is 7.11 Å². The number of rotatable bonds is 4. The zero-order valence-electron chi connectivity index (χ0n) is 11.9. The lowest BCUT2D eigenvalue weighted by atomic mass is 9.94. The molecule has 0 fully saturated rings. The van der Waals surface area contributed by atoms with Gasteiger partial charge in [-0.3, -0.25) is 4.79 Å². The molecule has 1 amide bonds. The summed E-state index contributed by atoms with van der Waals surface area (Å²) in [7, 11) is 1.65. The molecule has 0 aromatic heterocycles. The van der Waals surface area contributed by atoms with Crippen LogP contribution in [0.3, 0.4) is 0 Å². The summed E-state index contributed by atoms with van der Waals surface area (Å²) < 4.78 is 5.13. The van der Waals surface area contributed by atoms with Gasteiger partial charge in [0.1, 0.15) is 5.75 Å². The second-order valence-electron chi connectivity index (χ2n) is 5.46. The van der Waals surface area contributed by atoms with Crippen LogP contribution in [0.15, 0.2) is 24.3 Å². The van der Waals surface area contributed by atoms with Crippen molar-refractivity contribution in [2.45, 2.75) is 40.2 Å². The zero-order chi connectivity index (χ0) is 13.8. The molecule has 1 aromatic rings. The molecule has 0 saturated heterocycles. The van der Waals surface area contributed by atoms with Gasteiger partial charge < -0.3 is 10.1 Å². The highest BCUT2D eigenvalue weighted by atomic mass is 16.5. The van der Waals surface area contributed by atoms with Crippen molar-refractivity contribution in [1.82, 2.24) is 5.32 Å². The number of carbonyl (C=O) groups excluding carboxylic acids is 1. The first-order chi connectivity index (χ1) is 8.38. The third-order valence-electron chi connectivity index (χ3n) is 2.91. The van der Waals surface area contributed by atoms with E-state index in [1.807, 2.05) is 45.0 Å². The van der Waals surface area contributed by atoms with E-state index in [9.17, 15) is 4.79 Å². The van der Waals surface area contributed by atoms with E-state index in [-0.39, 0.29) is 17.4 Å². The fourth-order valence-electron chi connectivity index (χ4n) is 1.63. The summed E-state index contributed by atoms with van der Waals surface area (Å²) in [5.41, 5.74) is 0.746. The van der Waals surface area contributed by atoms with Crippen molar-refractivity contribution < 1.29 is 9.53 Å². The summed E-state index contributed by atoms with van der Waals surface area (Å²) in [6, 6.07) is 7.89. The molecule has 3 heteroatoms. The molecule has 100 valence electrons. The van der Waals surface area contributed by atoms with Gasteiger partial charge in [-0.25, -0.2) is 0 Å². The molecule has 0 aliphatic carbocycles. The monoisotopic (exact) mass is 249 g/mol. The molecule has 1 aromatic carbocycles. The summed E-state index contributed by atoms with van der Waals surface area (Å²) in [6.07, 6.45) is 0.869. The molecule has 1 rings (SSSR count). The standard InChI is InChI=1S/C15H23NO2/c1-6-13(16-14(17)15(2,3)4)11-7-9-12(18-5)10-8-11/h7-10,13H,6H2,1-5H3,(H,16,17)/t13-/m1/s1. The lowest BCUT2D eigenvalue weighted by Crippen LogP contribution is -2.37. The van der Waals surface area contributed by atoms with Crippen molar-refractivity contribution in [2.75, 3.05) is 7.11 Å². The molecule has 18 heavy (non-hydrogen) atoms. The van der Waals surface area contributed by atoms with Gasteiger partial charge in [-0.1, -0.05) is 39.8 Å². The minimum atomic E-state index is -0.361. The van der Waals surface area contributed by atoms with Gasteiger partial charge in [0.05, 0.1) is 13.2 Å². The Hall–Kier alpha value is -1.51. The minimum Gasteiger partial charge on any atom is -0.497 e. The highest BCUT2D eigenvalue weighted by Gasteiger charge is 2.23. The Balaban J connectivity index is 2.80. The van der Waals surface area contributed by atoms with Crippen LogP contribution in [0, 0.1) is 5.41 Å². The van der Waals surface area contributed by atoms with Crippen LogP contribution in [-0.4, -0.2) is 13.0 Å². The number of benzene rings is 1. The van der Waals surface area contributed by atoms with Gasteiger partial charge in [0.2, 0.25) is 5.91 Å². The Bertz CT molecular complexity index is 390. The zero-order valence-corrected chi connectivity index (χ0v) is 11.9. The van der Waals surface area contributed by atoms with Crippen LogP contribution >= 0.6 is 0 Å². The number of hydrogen-bond acceptors (Lipinski definition) is 2. The first-order valence-corrected chi connectivity index (χ1v) is 6.33. The third kappa shape index (κ3) is 3.76. The predicted molar refractivity (Wildman–Crippen MR) is 73.6 cm³/mol. The maximum absolute atomic E-state index is 12.0. The Labute approximate surface area is 110 Å². The molecule has 0 bridgehead atoms. The number of methoxy groups -OCH3 is 1. The lowest BCUT2D eigenvalue weighted by Gasteiger charge is -2.24. The summed E-state index contributed by atoms with van der Waals surface area (Å²) >= 11 is 0. The van der Waals surface area contributed by atoms with Gasteiger partial charge >= 0.3 is 0 Å². The second kappa shape index (κ2) is 5.89. The fraction of sp³-hybridized carbons (Fsp3) is 0.533. The molecule has 0 saturated carbocycles. The second-order valence-corrected chi connectivity index (χ2v) is 5.46. The average molecular weight is 249 g/mol. The third-order valence-corrected chi connectivity index (χ3v) is 2.91. The van der Waals surface area contributed by atoms with Crippen LogP contribution in [0.25, 0.3) is 0 Å². The highest BCUT2D eigenvalue weighted by molar-refractivity contribution is 5.81. The quantitative estimate of drug-likeness (QED) is 0.889. The predicted octanol–water partition coefficient (Wildman–Crippen LogP) is 3.31. The SMILES string of the molecule is CC[C@@H](NC(=O)C(C)(C)C)c1ccc(OC)cc1. The van der Waals surface area contributed by atoms with Gasteiger partial charge in [0, 0.05) is 5.41 Å². The van der Waals surface area contributed by atoms with Crippen molar-refractivity contribution in [1.29, 1.82) is 0 Å². The maximum atomic E-state index is 12.0. The number of amides is 1. The molecule has 0 heterocycles. The lowest BCUT2D eigenvalue weighted by molar-refractivity contribution is -0.129. The molecule has 3 nitrogen and oxygen atoms in total. The average Bonchev–Trinajstić information content (AvgIpc) is 2.34. The molecule has 1 N–H and O–H groups in total. The van der Waals surface area contributed by atoms with E-state index in [4.69, 9.17) is 4.74 Å². The molecule has 0 spiro atoms. The molecular formula is C15H23NO2. The van der Waals surface area contributed by atoms with Crippen molar-refractivity contribution in [3.8, 4) is 5.75 Å². The largest absolute Gasteiger partial charge is 0.497 e. The summed E-state index contributed by atoms with van der Waals surface area (Å²) in [5, 5.41) is 3.08. The molecular weight excluding hydrogens is 226 g/mol. The van der Waals surface area contributed by atoms with Crippen molar-refractivity contribution in [3.05, 3.63) is 29.8 Å². The number of carbonyl (C=O) groups is 1. The van der Waals surface area contributed by atoms with E-state index in [0.29, 0.717) is 0 Å². The van der Waals surface area contributed by atoms with Crippen LogP contribution in [0.5, 0.6) is 5.75 Å². The fourth-order valence-corrected chi connectivity index (χ4v) is 1.63. The molecule has 0 aliphatic rings. The summed E-state index contributed by atoms with van der Waals surface area (Å²) in [4.78, 5) is 12.0. The van der Waals surface area contributed by atoms with E-state index in [0.717, 1.165) is 17.7 Å². The Kier molecular flexibility index (Phi) is 4.76. The van der Waals surface area contributed by atoms with Gasteiger partial charge in [-0.2, -0.15) is 0 Å². The molecule has 0 aliphatic heterocycles. The Morgan fingerprint density at radius 3 is 2.22 bits per heavy atom. The normalized spacial score (nSPS) is 12.9. The smallest absolute Gasteiger partial charge is 0.225 e. The minimum absolute atomic E-state index is 0.0580. The van der Waals surface area contributed by atoms with E-state index < -0.39 is 0 Å². The first kappa shape index (κ1) is 14.6. The molecule has 0 unspecified atom stereocenters. The van der Waals surface area contributed by atoms with Gasteiger partial charge in [-0.05, 0) is 24.1 Å². The number of ether oxygens (including phenoxy) is 1.